The molecule has 0 radical (unpaired) electrons. The molecule has 1 atom stereocenters. The summed E-state index contributed by atoms with van der Waals surface area (Å²) in [5.41, 5.74) is 1.30. The van der Waals surface area contributed by atoms with E-state index in [0.717, 1.165) is 12.5 Å². The topological polar surface area (TPSA) is 3.24 Å². The third-order valence-corrected chi connectivity index (χ3v) is 2.51. The van der Waals surface area contributed by atoms with Gasteiger partial charge in [-0.25, -0.2) is 0 Å². The van der Waals surface area contributed by atoms with E-state index in [4.69, 9.17) is 0 Å². The number of para-hydroxylation sites is 1. The Balaban J connectivity index is 2.15. The van der Waals surface area contributed by atoms with Crippen molar-refractivity contribution >= 4 is 5.69 Å². The molecule has 0 bridgehead atoms. The Morgan fingerprint density at radius 1 is 1.23 bits per heavy atom. The van der Waals surface area contributed by atoms with Gasteiger partial charge in [0.2, 0.25) is 0 Å². The summed E-state index contributed by atoms with van der Waals surface area (Å²) in [6.07, 6.45) is 5.73. The highest BCUT2D eigenvalue weighted by Crippen LogP contribution is 2.20. The molecule has 1 nitrogen and oxygen atoms in total. The summed E-state index contributed by atoms with van der Waals surface area (Å²) in [7, 11) is 0. The molecule has 0 amide bonds. The predicted octanol–water partition coefficient (Wildman–Crippen LogP) is 3.05. The molecule has 13 heavy (non-hydrogen) atoms. The van der Waals surface area contributed by atoms with Crippen molar-refractivity contribution < 1.29 is 0 Å². The molecule has 68 valence electrons. The number of rotatable bonds is 1. The minimum absolute atomic E-state index is 0.736. The lowest BCUT2D eigenvalue weighted by molar-refractivity contribution is 0.621. The zero-order valence-corrected chi connectivity index (χ0v) is 7.98. The molecule has 1 aromatic carbocycles. The SMILES string of the molecule is CC1C=CN(c2ccccc2)CC1. The predicted molar refractivity (Wildman–Crippen MR) is 56.7 cm³/mol. The normalized spacial score (nSPS) is 21.9. The first-order valence-corrected chi connectivity index (χ1v) is 4.86. The van der Waals surface area contributed by atoms with Crippen molar-refractivity contribution in [3.8, 4) is 0 Å². The minimum Gasteiger partial charge on any atom is -0.348 e. The maximum absolute atomic E-state index is 2.31. The third-order valence-electron chi connectivity index (χ3n) is 2.51. The van der Waals surface area contributed by atoms with Gasteiger partial charge in [-0.3, -0.25) is 0 Å². The van der Waals surface area contributed by atoms with Crippen molar-refractivity contribution in [1.82, 2.24) is 0 Å². The summed E-state index contributed by atoms with van der Waals surface area (Å²) in [5.74, 6) is 0.736. The summed E-state index contributed by atoms with van der Waals surface area (Å²) in [5, 5.41) is 0. The Kier molecular flexibility index (Phi) is 2.35. The van der Waals surface area contributed by atoms with Crippen LogP contribution in [0.2, 0.25) is 0 Å². The lowest BCUT2D eigenvalue weighted by Gasteiger charge is -2.26. The molecule has 1 heterocycles. The molecular formula is C12H15N. The number of hydrogen-bond acceptors (Lipinski definition) is 1. The van der Waals surface area contributed by atoms with Crippen LogP contribution in [0.5, 0.6) is 0 Å². The number of benzene rings is 1. The van der Waals surface area contributed by atoms with Gasteiger partial charge < -0.3 is 4.90 Å². The Labute approximate surface area is 79.7 Å². The quantitative estimate of drug-likeness (QED) is 0.631. The van der Waals surface area contributed by atoms with Crippen molar-refractivity contribution in [2.45, 2.75) is 13.3 Å². The highest BCUT2D eigenvalue weighted by molar-refractivity contribution is 5.49. The van der Waals surface area contributed by atoms with Crippen LogP contribution in [0.3, 0.4) is 0 Å². The van der Waals surface area contributed by atoms with E-state index in [1.54, 1.807) is 0 Å². The van der Waals surface area contributed by atoms with E-state index < -0.39 is 0 Å². The van der Waals surface area contributed by atoms with E-state index >= 15 is 0 Å². The summed E-state index contributed by atoms with van der Waals surface area (Å²) in [4.78, 5) is 2.31. The van der Waals surface area contributed by atoms with Crippen molar-refractivity contribution in [3.05, 3.63) is 42.6 Å². The Hall–Kier alpha value is -1.24. The molecule has 1 aromatic rings. The first-order valence-electron chi connectivity index (χ1n) is 4.86. The van der Waals surface area contributed by atoms with Crippen molar-refractivity contribution in [2.75, 3.05) is 11.4 Å². The van der Waals surface area contributed by atoms with Crippen LogP contribution in [0.4, 0.5) is 5.69 Å². The van der Waals surface area contributed by atoms with Crippen LogP contribution < -0.4 is 4.90 Å². The molecule has 0 aliphatic carbocycles. The van der Waals surface area contributed by atoms with Gasteiger partial charge in [-0.15, -0.1) is 0 Å². The number of anilines is 1. The van der Waals surface area contributed by atoms with Crippen molar-refractivity contribution in [1.29, 1.82) is 0 Å². The number of nitrogens with zero attached hydrogens (tertiary/aromatic N) is 1. The average molecular weight is 173 g/mol. The number of hydrogen-bond donors (Lipinski definition) is 0. The monoisotopic (exact) mass is 173 g/mol. The second kappa shape index (κ2) is 3.65. The summed E-state index contributed by atoms with van der Waals surface area (Å²) in [6, 6.07) is 10.5. The second-order valence-corrected chi connectivity index (χ2v) is 3.64. The standard InChI is InChI=1S/C12H15N/c1-11-7-9-13(10-8-11)12-5-3-2-4-6-12/h2-7,9,11H,8,10H2,1H3. The van der Waals surface area contributed by atoms with Gasteiger partial charge in [-0.1, -0.05) is 31.2 Å². The Bertz CT molecular complexity index is 289. The van der Waals surface area contributed by atoms with Crippen LogP contribution in [0, 0.1) is 5.92 Å². The average Bonchev–Trinajstić information content (AvgIpc) is 2.20. The Morgan fingerprint density at radius 2 is 2.00 bits per heavy atom. The molecule has 0 aromatic heterocycles. The second-order valence-electron chi connectivity index (χ2n) is 3.64. The van der Waals surface area contributed by atoms with Crippen LogP contribution in [0.25, 0.3) is 0 Å². The van der Waals surface area contributed by atoms with Gasteiger partial charge in [0.25, 0.3) is 0 Å². The van der Waals surface area contributed by atoms with Crippen molar-refractivity contribution in [3.63, 3.8) is 0 Å². The molecule has 1 unspecified atom stereocenters. The first kappa shape index (κ1) is 8.36. The van der Waals surface area contributed by atoms with E-state index in [1.807, 2.05) is 0 Å². The fourth-order valence-corrected chi connectivity index (χ4v) is 1.60. The van der Waals surface area contributed by atoms with Gasteiger partial charge in [0.15, 0.2) is 0 Å². The molecule has 0 fully saturated rings. The Morgan fingerprint density at radius 3 is 2.62 bits per heavy atom. The fourth-order valence-electron chi connectivity index (χ4n) is 1.60. The summed E-state index contributed by atoms with van der Waals surface area (Å²) < 4.78 is 0. The van der Waals surface area contributed by atoms with Crippen LogP contribution >= 0.6 is 0 Å². The van der Waals surface area contributed by atoms with Gasteiger partial charge in [0, 0.05) is 18.4 Å². The van der Waals surface area contributed by atoms with Crippen LogP contribution in [-0.2, 0) is 0 Å². The molecule has 2 rings (SSSR count). The summed E-state index contributed by atoms with van der Waals surface area (Å²) >= 11 is 0. The van der Waals surface area contributed by atoms with Crippen LogP contribution in [0.1, 0.15) is 13.3 Å². The molecular weight excluding hydrogens is 158 g/mol. The summed E-state index contributed by atoms with van der Waals surface area (Å²) in [6.45, 7) is 3.40. The molecule has 1 aliphatic rings. The minimum atomic E-state index is 0.736. The van der Waals surface area contributed by atoms with Crippen molar-refractivity contribution in [2.24, 2.45) is 5.92 Å². The van der Waals surface area contributed by atoms with E-state index in [-0.39, 0.29) is 0 Å². The zero-order chi connectivity index (χ0) is 9.10. The van der Waals surface area contributed by atoms with Gasteiger partial charge in [-0.05, 0) is 24.5 Å². The molecule has 0 saturated carbocycles. The maximum atomic E-state index is 2.31. The molecule has 0 spiro atoms. The van der Waals surface area contributed by atoms with Gasteiger partial charge in [0.1, 0.15) is 0 Å². The first-order chi connectivity index (χ1) is 6.36. The maximum Gasteiger partial charge on any atom is 0.0405 e. The molecule has 1 heteroatoms. The smallest absolute Gasteiger partial charge is 0.0405 e. The molecule has 1 aliphatic heterocycles. The fraction of sp³-hybridized carbons (Fsp3) is 0.333. The highest BCUT2D eigenvalue weighted by Gasteiger charge is 2.09. The number of allylic oxidation sites excluding steroid dienone is 1. The van der Waals surface area contributed by atoms with Gasteiger partial charge in [-0.2, -0.15) is 0 Å². The highest BCUT2D eigenvalue weighted by atomic mass is 15.1. The lowest BCUT2D eigenvalue weighted by Crippen LogP contribution is -2.22. The molecule has 0 saturated heterocycles. The van der Waals surface area contributed by atoms with Gasteiger partial charge >= 0.3 is 0 Å². The van der Waals surface area contributed by atoms with E-state index in [0.29, 0.717) is 0 Å². The van der Waals surface area contributed by atoms with E-state index in [9.17, 15) is 0 Å². The van der Waals surface area contributed by atoms with Crippen LogP contribution in [0.15, 0.2) is 42.6 Å². The molecule has 0 N–H and O–H groups in total. The largest absolute Gasteiger partial charge is 0.348 e. The van der Waals surface area contributed by atoms with E-state index in [2.05, 4.69) is 54.4 Å². The van der Waals surface area contributed by atoms with E-state index in [1.165, 1.54) is 12.1 Å². The lowest BCUT2D eigenvalue weighted by atomic mass is 10.0. The van der Waals surface area contributed by atoms with Crippen LogP contribution in [-0.4, -0.2) is 6.54 Å². The zero-order valence-electron chi connectivity index (χ0n) is 7.98. The van der Waals surface area contributed by atoms with Gasteiger partial charge in [0.05, 0.1) is 0 Å². The third kappa shape index (κ3) is 1.92.